The van der Waals surface area contributed by atoms with Crippen LogP contribution >= 0.6 is 7.82 Å². The molecule has 0 radical (unpaired) electrons. The van der Waals surface area contributed by atoms with E-state index in [1.165, 1.54) is 64.2 Å². The first kappa shape index (κ1) is 106. The second-order valence-corrected chi connectivity index (χ2v) is 31.5. The fourth-order valence-corrected chi connectivity index (χ4v) is 14.2. The van der Waals surface area contributed by atoms with E-state index in [0.717, 1.165) is 154 Å². The summed E-state index contributed by atoms with van der Waals surface area (Å²) in [6.45, 7) is 4.71. The van der Waals surface area contributed by atoms with E-state index >= 15 is 0 Å². The van der Waals surface area contributed by atoms with Crippen LogP contribution < -0.4 is 26.6 Å². The number of unbranched alkanes of at least 4 members (excludes halogenated alkanes) is 36. The highest BCUT2D eigenvalue weighted by molar-refractivity contribution is 7.46. The zero-order valence-electron chi connectivity index (χ0n) is 68.8. The third kappa shape index (κ3) is 52.7. The van der Waals surface area contributed by atoms with Gasteiger partial charge in [-0.05, 0) is 32.7 Å². The van der Waals surface area contributed by atoms with Crippen LogP contribution in [0.3, 0.4) is 0 Å². The molecule has 0 aromatic rings. The zero-order valence-corrected chi connectivity index (χ0v) is 69.7. The van der Waals surface area contributed by atoms with E-state index < -0.39 is 193 Å². The largest absolute Gasteiger partial charge is 0.481 e. The number of likely N-dealkylation sites (N-methyl/N-ethyl adjacent to an activating group) is 1. The molecule has 0 unspecified atom stereocenters. The summed E-state index contributed by atoms with van der Waals surface area (Å²) < 4.78 is 54.5. The van der Waals surface area contributed by atoms with E-state index in [4.69, 9.17) is 53.4 Å². The normalized spacial score (nSPS) is 20.8. The van der Waals surface area contributed by atoms with Crippen LogP contribution in [0.2, 0.25) is 0 Å². The van der Waals surface area contributed by atoms with Crippen LogP contribution in [0.15, 0.2) is 0 Å². The van der Waals surface area contributed by atoms with Crippen LogP contribution in [0.25, 0.3) is 0 Å². The number of nitrogens with one attached hydrogen (secondary N) is 5. The number of carboxylic acid groups (broad SMARTS) is 2. The lowest BCUT2D eigenvalue weighted by molar-refractivity contribution is -0.309. The minimum Gasteiger partial charge on any atom is -0.481 e. The Balaban J connectivity index is 0.00000446. The third-order valence-electron chi connectivity index (χ3n) is 20.1. The Hall–Kier alpha value is -4.61. The number of carbonyl (C=O) groups excluding carboxylic acids is 6. The summed E-state index contributed by atoms with van der Waals surface area (Å²) in [5, 5.41) is 101. The van der Waals surface area contributed by atoms with Crippen LogP contribution in [0.4, 0.5) is 0 Å². The molecule has 0 aliphatic carbocycles. The van der Waals surface area contributed by atoms with Crippen molar-refractivity contribution in [3.8, 4) is 0 Å². The van der Waals surface area contributed by atoms with Crippen LogP contribution in [0.1, 0.15) is 323 Å². The molecule has 2 saturated heterocycles. The maximum Gasteiger partial charge on any atom is 0.470 e. The number of hydrogen-bond acceptors (Lipinski definition) is 24. The third-order valence-corrected chi connectivity index (χ3v) is 20.7. The van der Waals surface area contributed by atoms with Crippen LogP contribution in [-0.2, 0) is 75.9 Å². The molecule has 0 spiro atoms. The van der Waals surface area contributed by atoms with Crippen molar-refractivity contribution in [2.75, 3.05) is 46.5 Å². The Labute approximate surface area is 672 Å². The van der Waals surface area contributed by atoms with E-state index in [-0.39, 0.29) is 32.2 Å². The maximum atomic E-state index is 14.1. The van der Waals surface area contributed by atoms with Crippen molar-refractivity contribution in [1.29, 1.82) is 0 Å². The fourth-order valence-electron chi connectivity index (χ4n) is 13.6. The highest BCUT2D eigenvalue weighted by atomic mass is 31.2. The number of carbonyl (C=O) groups is 8. The summed E-state index contributed by atoms with van der Waals surface area (Å²) in [4.78, 5) is 127. The molecule has 0 aromatic carbocycles. The minimum absolute atomic E-state index is 0.0618. The van der Waals surface area contributed by atoms with Gasteiger partial charge in [-0.2, -0.15) is 0 Å². The van der Waals surface area contributed by atoms with E-state index in [1.54, 1.807) is 7.05 Å². The first-order valence-corrected chi connectivity index (χ1v) is 44.3. The Morgan fingerprint density at radius 2 is 0.761 bits per heavy atom. The van der Waals surface area contributed by atoms with Gasteiger partial charge in [0.05, 0.1) is 44.9 Å². The molecular weight excluding hydrogens is 1490 g/mol. The number of rotatable bonds is 70. The Morgan fingerprint density at radius 1 is 0.434 bits per heavy atom. The number of carboxylic acids is 2. The van der Waals surface area contributed by atoms with Crippen LogP contribution in [-0.4, -0.2) is 242 Å². The van der Waals surface area contributed by atoms with E-state index in [0.29, 0.717) is 38.5 Å². The van der Waals surface area contributed by atoms with Gasteiger partial charge in [0.25, 0.3) is 0 Å². The van der Waals surface area contributed by atoms with Gasteiger partial charge in [-0.25, -0.2) is 4.57 Å². The number of aliphatic hydroxyl groups excluding tert-OH is 7. The minimum atomic E-state index is -5.55. The summed E-state index contributed by atoms with van der Waals surface area (Å²) in [6, 6.07) is -3.43. The van der Waals surface area contributed by atoms with Gasteiger partial charge in [-0.3, -0.25) is 42.9 Å². The smallest absolute Gasteiger partial charge is 0.470 e. The molecule has 662 valence electrons. The average Bonchev–Trinajstić information content (AvgIpc) is 0.780. The lowest BCUT2D eigenvalue weighted by Crippen LogP contribution is -2.68. The molecule has 113 heavy (non-hydrogen) atoms. The molecule has 2 aliphatic rings. The second-order valence-electron chi connectivity index (χ2n) is 30.3. The number of ether oxygens (including phenoxy) is 6. The van der Waals surface area contributed by atoms with Gasteiger partial charge < -0.3 is 111 Å². The van der Waals surface area contributed by atoms with Gasteiger partial charge in [-0.1, -0.05) is 259 Å². The molecule has 4 amide bonds. The molecule has 14 atom stereocenters. The van der Waals surface area contributed by atoms with Crippen LogP contribution in [0.5, 0.6) is 0 Å². The van der Waals surface area contributed by atoms with E-state index in [2.05, 4.69) is 54.3 Å². The predicted molar refractivity (Wildman–Crippen MR) is 423 cm³/mol. The first-order chi connectivity index (χ1) is 54.2. The standard InChI is InChI=1S/C73H133N4O22P.C7H17NO5/c1-5-9-13-17-21-25-27-31-35-39-43-47-60(81)76-66-70(97-64(87)51-74-58(79)45-41-37-33-29-23-19-15-11-7-3)68(89)57(96-73(66)94-55(49-62(83)84)50-63(85)86)54-93-72-67(77-61(82)48-44-40-36-32-28-26-22-18-14-10-6-2)71(69(56(53-78)95-72)99-100(90,91)92)98-65(88)52-75-59(80)46-42-38-34-30-24-20-16-12-8-4;1-8-2-4(10)6(12)7(13)5(11)3-9/h55-57,66-73,78,89H,5-54H2,1-4H3,(H,74,79)(H,75,80)(H,76,81)(H,77,82)(H,83,84)(H,85,86)(H2,90,91,92);4-13H,2-3H2,1H3/t56-,57-,66-,67-,68-,69-,70-,71-,72-,73+;4-,5+,6+,7+/m10/s1. The molecule has 32 nitrogen and oxygen atoms in total. The highest BCUT2D eigenvalue weighted by Crippen LogP contribution is 2.43. The van der Waals surface area contributed by atoms with Crippen molar-refractivity contribution in [3.63, 3.8) is 0 Å². The molecule has 0 aromatic heterocycles. The highest BCUT2D eigenvalue weighted by Gasteiger charge is 2.54. The number of phosphoric ester groups is 1. The molecule has 2 fully saturated rings. The number of amides is 4. The lowest BCUT2D eigenvalue weighted by Gasteiger charge is -2.47. The van der Waals surface area contributed by atoms with Crippen molar-refractivity contribution in [2.45, 2.75) is 415 Å². The average molecular weight is 1650 g/mol. The summed E-state index contributed by atoms with van der Waals surface area (Å²) in [5.74, 6) is -7.39. The summed E-state index contributed by atoms with van der Waals surface area (Å²) in [5.41, 5.74) is 0. The molecule has 2 aliphatic heterocycles. The first-order valence-electron chi connectivity index (χ1n) is 42.7. The molecule has 0 bridgehead atoms. The van der Waals surface area contributed by atoms with Crippen molar-refractivity contribution >= 4 is 55.3 Å². The summed E-state index contributed by atoms with van der Waals surface area (Å²) in [6.07, 6.45) is 15.7. The number of hydrogen-bond donors (Lipinski definition) is 16. The Bertz CT molecular complexity index is 2530. The van der Waals surface area contributed by atoms with E-state index in [1.807, 2.05) is 0 Å². The quantitative estimate of drug-likeness (QED) is 0.0154. The van der Waals surface area contributed by atoms with Crippen molar-refractivity contribution in [2.24, 2.45) is 0 Å². The molecule has 2 rings (SSSR count). The zero-order chi connectivity index (χ0) is 84.0. The van der Waals surface area contributed by atoms with Gasteiger partial charge in [0, 0.05) is 32.2 Å². The molecule has 2 heterocycles. The number of esters is 2. The van der Waals surface area contributed by atoms with Crippen molar-refractivity contribution in [3.05, 3.63) is 0 Å². The van der Waals surface area contributed by atoms with Gasteiger partial charge in [0.1, 0.15) is 67.9 Å². The van der Waals surface area contributed by atoms with Crippen molar-refractivity contribution < 1.29 is 132 Å². The number of aliphatic carboxylic acids is 2. The fraction of sp³-hybridized carbons (Fsp3) is 0.900. The molecule has 33 heteroatoms. The monoisotopic (exact) mass is 1640 g/mol. The maximum absolute atomic E-state index is 14.1. The van der Waals surface area contributed by atoms with Crippen molar-refractivity contribution in [1.82, 2.24) is 26.6 Å². The van der Waals surface area contributed by atoms with E-state index in [9.17, 15) is 78.2 Å². The Kier molecular flexibility index (Phi) is 63.4. The number of aliphatic hydroxyl groups is 7. The van der Waals surface area contributed by atoms with Gasteiger partial charge in [0.2, 0.25) is 23.6 Å². The molecule has 16 N–H and O–H groups in total. The summed E-state index contributed by atoms with van der Waals surface area (Å²) in [7, 11) is -3.97. The SMILES string of the molecule is CCCCCCCCCCCCCC(=O)N[C@H]1[C@H](OC[C@H]2O[C@H](OC(CC(=O)O)CC(=O)O)[C@H](NC(=O)CCCCCCCCCCCCC)[C@@H](OC(=O)CNC(=O)CCCCCCCCCCC)[C@@H]2O)O[C@H](CO)[C@@H](OP(=O)(O)O)[C@@H]1OC(=O)CNC(=O)CCCCCCCCCCC.CNC[C@H](O)[C@@H](O)[C@H](O)[C@H](O)CO. The molecular formula is C80H150N5O27P. The number of phosphoric acid groups is 1. The Morgan fingerprint density at radius 3 is 1.10 bits per heavy atom. The van der Waals surface area contributed by atoms with Gasteiger partial charge >= 0.3 is 31.7 Å². The molecule has 0 saturated carbocycles. The van der Waals surface area contributed by atoms with Gasteiger partial charge in [0.15, 0.2) is 24.8 Å². The second kappa shape index (κ2) is 67.3. The summed E-state index contributed by atoms with van der Waals surface area (Å²) >= 11 is 0. The van der Waals surface area contributed by atoms with Gasteiger partial charge in [-0.15, -0.1) is 0 Å². The lowest BCUT2D eigenvalue weighted by atomic mass is 9.95. The topological polar surface area (TPSA) is 501 Å². The predicted octanol–water partition coefficient (Wildman–Crippen LogP) is 8.53. The van der Waals surface area contributed by atoms with Crippen LogP contribution in [0, 0.1) is 0 Å².